The summed E-state index contributed by atoms with van der Waals surface area (Å²) in [6.45, 7) is 5.82. The number of benzene rings is 1. The fourth-order valence-electron chi connectivity index (χ4n) is 1.65. The van der Waals surface area contributed by atoms with Gasteiger partial charge >= 0.3 is 0 Å². The number of guanidine groups is 1. The van der Waals surface area contributed by atoms with Crippen LogP contribution in [0.4, 0.5) is 4.39 Å². The van der Waals surface area contributed by atoms with Crippen LogP contribution < -0.4 is 10.6 Å². The fraction of sp³-hybridized carbons (Fsp3) is 0.500. The molecule has 106 valence electrons. The molecule has 0 fully saturated rings. The predicted octanol–water partition coefficient (Wildman–Crippen LogP) is 1.92. The molecule has 19 heavy (non-hydrogen) atoms. The maximum Gasteiger partial charge on any atom is 0.191 e. The summed E-state index contributed by atoms with van der Waals surface area (Å²) >= 11 is 0. The number of nitrogens with one attached hydrogen (secondary N) is 2. The van der Waals surface area contributed by atoms with Gasteiger partial charge in [0.1, 0.15) is 5.82 Å². The maximum atomic E-state index is 13.1. The van der Waals surface area contributed by atoms with Crippen LogP contribution >= 0.6 is 0 Å². The summed E-state index contributed by atoms with van der Waals surface area (Å²) in [4.78, 5) is 4.42. The lowest BCUT2D eigenvalue weighted by Crippen LogP contribution is -2.43. The second-order valence-electron chi connectivity index (χ2n) is 4.33. The number of nitrogens with zero attached hydrogens (tertiary/aromatic N) is 1. The molecule has 0 aliphatic rings. The molecule has 1 unspecified atom stereocenters. The lowest BCUT2D eigenvalue weighted by atomic mass is 10.2. The Balaban J connectivity index is 2.62. The molecule has 0 amide bonds. The van der Waals surface area contributed by atoms with Crippen LogP contribution in [0.2, 0.25) is 0 Å². The van der Waals surface area contributed by atoms with Crippen LogP contribution in [-0.2, 0) is 11.3 Å². The van der Waals surface area contributed by atoms with Crippen molar-refractivity contribution in [1.29, 1.82) is 0 Å². The van der Waals surface area contributed by atoms with E-state index in [2.05, 4.69) is 15.6 Å². The zero-order valence-electron chi connectivity index (χ0n) is 11.7. The molecule has 1 rings (SSSR count). The SMILES string of the molecule is CCNC(=NCc1cccc(F)c1)NC(C)COC. The van der Waals surface area contributed by atoms with Crippen molar-refractivity contribution in [1.82, 2.24) is 10.6 Å². The van der Waals surface area contributed by atoms with Crippen LogP contribution in [0.15, 0.2) is 29.3 Å². The van der Waals surface area contributed by atoms with Gasteiger partial charge in [0.2, 0.25) is 0 Å². The first-order chi connectivity index (χ1) is 9.15. The summed E-state index contributed by atoms with van der Waals surface area (Å²) < 4.78 is 18.1. The van der Waals surface area contributed by atoms with Gasteiger partial charge in [-0.2, -0.15) is 0 Å². The third-order valence-electron chi connectivity index (χ3n) is 2.45. The lowest BCUT2D eigenvalue weighted by Gasteiger charge is -2.16. The van der Waals surface area contributed by atoms with Gasteiger partial charge in [-0.1, -0.05) is 12.1 Å². The highest BCUT2D eigenvalue weighted by Crippen LogP contribution is 2.04. The number of methoxy groups -OCH3 is 1. The Labute approximate surface area is 114 Å². The monoisotopic (exact) mass is 267 g/mol. The van der Waals surface area contributed by atoms with Crippen LogP contribution in [0.25, 0.3) is 0 Å². The first-order valence-corrected chi connectivity index (χ1v) is 6.44. The average molecular weight is 267 g/mol. The quantitative estimate of drug-likeness (QED) is 0.611. The molecule has 4 nitrogen and oxygen atoms in total. The van der Waals surface area contributed by atoms with E-state index in [1.54, 1.807) is 13.2 Å². The van der Waals surface area contributed by atoms with E-state index in [1.807, 2.05) is 19.9 Å². The van der Waals surface area contributed by atoms with E-state index in [9.17, 15) is 4.39 Å². The molecule has 1 atom stereocenters. The number of ether oxygens (including phenoxy) is 1. The second-order valence-corrected chi connectivity index (χ2v) is 4.33. The molecule has 0 spiro atoms. The molecule has 5 heteroatoms. The van der Waals surface area contributed by atoms with E-state index in [4.69, 9.17) is 4.74 Å². The van der Waals surface area contributed by atoms with Crippen LogP contribution in [0.1, 0.15) is 19.4 Å². The minimum absolute atomic E-state index is 0.162. The Morgan fingerprint density at radius 3 is 2.89 bits per heavy atom. The molecule has 0 heterocycles. The van der Waals surface area contributed by atoms with Gasteiger partial charge in [-0.15, -0.1) is 0 Å². The van der Waals surface area contributed by atoms with Crippen LogP contribution in [0, 0.1) is 5.82 Å². The maximum absolute atomic E-state index is 13.1. The third kappa shape index (κ3) is 6.20. The lowest BCUT2D eigenvalue weighted by molar-refractivity contribution is 0.179. The Morgan fingerprint density at radius 1 is 1.47 bits per heavy atom. The largest absolute Gasteiger partial charge is 0.383 e. The standard InChI is InChI=1S/C14H22FN3O/c1-4-16-14(18-11(2)10-19-3)17-9-12-6-5-7-13(15)8-12/h5-8,11H,4,9-10H2,1-3H3,(H2,16,17,18). The Morgan fingerprint density at radius 2 is 2.26 bits per heavy atom. The van der Waals surface area contributed by atoms with E-state index in [1.165, 1.54) is 12.1 Å². The first kappa shape index (κ1) is 15.4. The van der Waals surface area contributed by atoms with Gasteiger partial charge in [-0.05, 0) is 31.5 Å². The van der Waals surface area contributed by atoms with Crippen LogP contribution in [0.3, 0.4) is 0 Å². The average Bonchev–Trinajstić information content (AvgIpc) is 2.36. The minimum Gasteiger partial charge on any atom is -0.383 e. The summed E-state index contributed by atoms with van der Waals surface area (Å²) in [7, 11) is 1.66. The summed E-state index contributed by atoms with van der Waals surface area (Å²) in [5.41, 5.74) is 0.844. The van der Waals surface area contributed by atoms with Gasteiger partial charge in [0.05, 0.1) is 13.2 Å². The molecule has 0 bridgehead atoms. The third-order valence-corrected chi connectivity index (χ3v) is 2.45. The van der Waals surface area contributed by atoms with Crippen molar-refractivity contribution < 1.29 is 9.13 Å². The fourth-order valence-corrected chi connectivity index (χ4v) is 1.65. The Bertz CT molecular complexity index is 409. The molecule has 0 saturated heterocycles. The minimum atomic E-state index is -0.238. The van der Waals surface area contributed by atoms with Crippen LogP contribution in [0.5, 0.6) is 0 Å². The highest BCUT2D eigenvalue weighted by atomic mass is 19.1. The van der Waals surface area contributed by atoms with Gasteiger partial charge < -0.3 is 15.4 Å². The van der Waals surface area contributed by atoms with Gasteiger partial charge in [0, 0.05) is 19.7 Å². The molecule has 0 aromatic heterocycles. The second kappa shape index (κ2) is 8.48. The van der Waals surface area contributed by atoms with Crippen molar-refractivity contribution in [2.75, 3.05) is 20.3 Å². The zero-order chi connectivity index (χ0) is 14.1. The summed E-state index contributed by atoms with van der Waals surface area (Å²) in [5, 5.41) is 6.37. The molecule has 0 aliphatic heterocycles. The van der Waals surface area contributed by atoms with Crippen molar-refractivity contribution >= 4 is 5.96 Å². The van der Waals surface area contributed by atoms with Gasteiger partial charge in [-0.25, -0.2) is 9.38 Å². The highest BCUT2D eigenvalue weighted by Gasteiger charge is 2.04. The molecular formula is C14H22FN3O. The topological polar surface area (TPSA) is 45.7 Å². The van der Waals surface area contributed by atoms with E-state index < -0.39 is 0 Å². The predicted molar refractivity (Wildman–Crippen MR) is 75.7 cm³/mol. The van der Waals surface area contributed by atoms with Crippen molar-refractivity contribution in [3.05, 3.63) is 35.6 Å². The van der Waals surface area contributed by atoms with E-state index in [0.29, 0.717) is 19.1 Å². The van der Waals surface area contributed by atoms with Crippen LogP contribution in [-0.4, -0.2) is 32.3 Å². The normalized spacial score (nSPS) is 13.2. The first-order valence-electron chi connectivity index (χ1n) is 6.44. The van der Waals surface area contributed by atoms with Gasteiger partial charge in [0.15, 0.2) is 5.96 Å². The smallest absolute Gasteiger partial charge is 0.191 e. The Hall–Kier alpha value is -1.62. The van der Waals surface area contributed by atoms with Gasteiger partial charge in [0.25, 0.3) is 0 Å². The van der Waals surface area contributed by atoms with E-state index >= 15 is 0 Å². The van der Waals surface area contributed by atoms with Crippen molar-refractivity contribution in [2.45, 2.75) is 26.4 Å². The number of hydrogen-bond donors (Lipinski definition) is 2. The number of rotatable bonds is 6. The van der Waals surface area contributed by atoms with Crippen molar-refractivity contribution in [3.8, 4) is 0 Å². The molecule has 0 radical (unpaired) electrons. The van der Waals surface area contributed by atoms with E-state index in [0.717, 1.165) is 12.1 Å². The number of halogens is 1. The Kier molecular flexibility index (Phi) is 6.89. The molecule has 0 aliphatic carbocycles. The molecule has 1 aromatic carbocycles. The summed E-state index contributed by atoms with van der Waals surface area (Å²) in [6.07, 6.45) is 0. The molecule has 2 N–H and O–H groups in total. The molecular weight excluding hydrogens is 245 g/mol. The van der Waals surface area contributed by atoms with Crippen molar-refractivity contribution in [2.24, 2.45) is 4.99 Å². The molecule has 1 aromatic rings. The van der Waals surface area contributed by atoms with Crippen molar-refractivity contribution in [3.63, 3.8) is 0 Å². The highest BCUT2D eigenvalue weighted by molar-refractivity contribution is 5.80. The van der Waals surface area contributed by atoms with E-state index in [-0.39, 0.29) is 11.9 Å². The zero-order valence-corrected chi connectivity index (χ0v) is 11.7. The summed E-state index contributed by atoms with van der Waals surface area (Å²) in [5.74, 6) is 0.467. The number of aliphatic imine (C=N–C) groups is 1. The molecule has 0 saturated carbocycles. The number of hydrogen-bond acceptors (Lipinski definition) is 2. The van der Waals surface area contributed by atoms with Gasteiger partial charge in [-0.3, -0.25) is 0 Å². The summed E-state index contributed by atoms with van der Waals surface area (Å²) in [6, 6.07) is 6.63.